The second-order valence-corrected chi connectivity index (χ2v) is 6.67. The molecule has 2 aromatic carbocycles. The van der Waals surface area contributed by atoms with E-state index in [0.717, 1.165) is 18.2 Å². The predicted octanol–water partition coefficient (Wildman–Crippen LogP) is 3.41. The molecule has 4 N–H and O–H groups in total. The van der Waals surface area contributed by atoms with Gasteiger partial charge in [-0.2, -0.15) is 0 Å². The van der Waals surface area contributed by atoms with Gasteiger partial charge in [-0.15, -0.1) is 0 Å². The van der Waals surface area contributed by atoms with E-state index in [1.54, 1.807) is 12.1 Å². The Kier molecular flexibility index (Phi) is 6.76. The predicted molar refractivity (Wildman–Crippen MR) is 100 cm³/mol. The number of amides is 2. The van der Waals surface area contributed by atoms with Gasteiger partial charge in [0.05, 0.1) is 11.3 Å². The van der Waals surface area contributed by atoms with Crippen molar-refractivity contribution in [1.29, 1.82) is 0 Å². The average molecular weight is 374 g/mol. The number of carbonyl (C=O) groups is 2. The fraction of sp³-hybridized carbons (Fsp3) is 0.300. The SMILES string of the molecule is CC(C)CC[C@H](NC(=O)c1cc(O)ccc1F)C(=O)Nc1ccccc1O. The van der Waals surface area contributed by atoms with Gasteiger partial charge in [-0.25, -0.2) is 4.39 Å². The van der Waals surface area contributed by atoms with Crippen LogP contribution in [-0.4, -0.2) is 28.1 Å². The van der Waals surface area contributed by atoms with Crippen molar-refractivity contribution in [3.63, 3.8) is 0 Å². The molecule has 7 heteroatoms. The number of aromatic hydroxyl groups is 2. The van der Waals surface area contributed by atoms with Crippen LogP contribution >= 0.6 is 0 Å². The molecule has 0 radical (unpaired) electrons. The molecule has 0 spiro atoms. The summed E-state index contributed by atoms with van der Waals surface area (Å²) in [5.74, 6) is -2.18. The van der Waals surface area contributed by atoms with Crippen LogP contribution in [0.2, 0.25) is 0 Å². The van der Waals surface area contributed by atoms with Gasteiger partial charge in [0.15, 0.2) is 0 Å². The van der Waals surface area contributed by atoms with Crippen LogP contribution in [0.15, 0.2) is 42.5 Å². The lowest BCUT2D eigenvalue weighted by molar-refractivity contribution is -0.118. The normalized spacial score (nSPS) is 11.9. The number of hydrogen-bond donors (Lipinski definition) is 4. The molecule has 0 aliphatic heterocycles. The molecule has 0 aliphatic carbocycles. The Balaban J connectivity index is 2.17. The summed E-state index contributed by atoms with van der Waals surface area (Å²) in [5, 5.41) is 24.4. The van der Waals surface area contributed by atoms with Crippen molar-refractivity contribution >= 4 is 17.5 Å². The number of phenols is 2. The molecule has 2 aromatic rings. The van der Waals surface area contributed by atoms with E-state index >= 15 is 0 Å². The van der Waals surface area contributed by atoms with E-state index < -0.39 is 23.7 Å². The monoisotopic (exact) mass is 374 g/mol. The van der Waals surface area contributed by atoms with Gasteiger partial charge in [0.1, 0.15) is 23.4 Å². The van der Waals surface area contributed by atoms with Gasteiger partial charge in [-0.05, 0) is 49.1 Å². The lowest BCUT2D eigenvalue weighted by Crippen LogP contribution is -2.44. The van der Waals surface area contributed by atoms with E-state index in [0.29, 0.717) is 18.8 Å². The first-order chi connectivity index (χ1) is 12.8. The summed E-state index contributed by atoms with van der Waals surface area (Å²) in [4.78, 5) is 25.0. The largest absolute Gasteiger partial charge is 0.508 e. The number of nitrogens with one attached hydrogen (secondary N) is 2. The van der Waals surface area contributed by atoms with Crippen LogP contribution in [0.4, 0.5) is 10.1 Å². The van der Waals surface area contributed by atoms with Crippen molar-refractivity contribution in [1.82, 2.24) is 5.32 Å². The summed E-state index contributed by atoms with van der Waals surface area (Å²) in [7, 11) is 0. The standard InChI is InChI=1S/C20H23FN2O4/c1-12(2)7-10-17(20(27)22-16-5-3-4-6-18(16)25)23-19(26)14-11-13(24)8-9-15(14)21/h3-6,8-9,11-12,17,24-25H,7,10H2,1-2H3,(H,22,27)(H,23,26)/t17-/m0/s1. The molecule has 0 fully saturated rings. The summed E-state index contributed by atoms with van der Waals surface area (Å²) in [6, 6.07) is 8.42. The first-order valence-electron chi connectivity index (χ1n) is 8.66. The number of para-hydroxylation sites is 2. The van der Waals surface area contributed by atoms with E-state index in [4.69, 9.17) is 0 Å². The highest BCUT2D eigenvalue weighted by molar-refractivity contribution is 6.01. The van der Waals surface area contributed by atoms with Gasteiger partial charge in [0.2, 0.25) is 5.91 Å². The molecule has 0 bridgehead atoms. The third-order valence-corrected chi connectivity index (χ3v) is 4.01. The summed E-state index contributed by atoms with van der Waals surface area (Å²) in [6.07, 6.45) is 0.991. The van der Waals surface area contributed by atoms with Gasteiger partial charge in [-0.3, -0.25) is 9.59 Å². The highest BCUT2D eigenvalue weighted by atomic mass is 19.1. The molecular formula is C20H23FN2O4. The van der Waals surface area contributed by atoms with Crippen molar-refractivity contribution in [2.24, 2.45) is 5.92 Å². The topological polar surface area (TPSA) is 98.7 Å². The van der Waals surface area contributed by atoms with Crippen molar-refractivity contribution in [2.45, 2.75) is 32.7 Å². The summed E-state index contributed by atoms with van der Waals surface area (Å²) >= 11 is 0. The molecule has 2 amide bonds. The zero-order chi connectivity index (χ0) is 20.0. The molecular weight excluding hydrogens is 351 g/mol. The summed E-state index contributed by atoms with van der Waals surface area (Å²) in [5.41, 5.74) is -0.130. The molecule has 1 atom stereocenters. The maximum absolute atomic E-state index is 13.9. The van der Waals surface area contributed by atoms with Crippen LogP contribution in [0.1, 0.15) is 37.0 Å². The van der Waals surface area contributed by atoms with Crippen LogP contribution < -0.4 is 10.6 Å². The molecule has 0 aromatic heterocycles. The molecule has 144 valence electrons. The first-order valence-corrected chi connectivity index (χ1v) is 8.66. The average Bonchev–Trinajstić information content (AvgIpc) is 2.62. The Labute approximate surface area is 157 Å². The Bertz CT molecular complexity index is 823. The minimum atomic E-state index is -0.929. The van der Waals surface area contributed by atoms with Gasteiger partial charge < -0.3 is 20.8 Å². The number of hydrogen-bond acceptors (Lipinski definition) is 4. The fourth-order valence-corrected chi connectivity index (χ4v) is 2.49. The van der Waals surface area contributed by atoms with Crippen molar-refractivity contribution < 1.29 is 24.2 Å². The number of carbonyl (C=O) groups excluding carboxylic acids is 2. The van der Waals surface area contributed by atoms with E-state index in [2.05, 4.69) is 10.6 Å². The molecule has 0 unspecified atom stereocenters. The van der Waals surface area contributed by atoms with Crippen LogP contribution in [0.3, 0.4) is 0 Å². The number of rotatable bonds is 7. The Morgan fingerprint density at radius 3 is 2.44 bits per heavy atom. The minimum absolute atomic E-state index is 0.0983. The van der Waals surface area contributed by atoms with Crippen molar-refractivity contribution in [2.75, 3.05) is 5.32 Å². The second kappa shape index (κ2) is 9.02. The third kappa shape index (κ3) is 5.70. The Hall–Kier alpha value is -3.09. The van der Waals surface area contributed by atoms with E-state index in [1.807, 2.05) is 13.8 Å². The van der Waals surface area contributed by atoms with Crippen LogP contribution in [-0.2, 0) is 4.79 Å². The lowest BCUT2D eigenvalue weighted by Gasteiger charge is -2.20. The molecule has 0 saturated carbocycles. The summed E-state index contributed by atoms with van der Waals surface area (Å²) in [6.45, 7) is 3.96. The quantitative estimate of drug-likeness (QED) is 0.558. The van der Waals surface area contributed by atoms with Crippen LogP contribution in [0.25, 0.3) is 0 Å². The number of anilines is 1. The van der Waals surface area contributed by atoms with Gasteiger partial charge in [-0.1, -0.05) is 26.0 Å². The minimum Gasteiger partial charge on any atom is -0.508 e. The smallest absolute Gasteiger partial charge is 0.255 e. The lowest BCUT2D eigenvalue weighted by atomic mass is 10.0. The maximum Gasteiger partial charge on any atom is 0.255 e. The highest BCUT2D eigenvalue weighted by Gasteiger charge is 2.24. The van der Waals surface area contributed by atoms with Crippen LogP contribution in [0.5, 0.6) is 11.5 Å². The molecule has 27 heavy (non-hydrogen) atoms. The molecule has 2 rings (SSSR count). The third-order valence-electron chi connectivity index (χ3n) is 4.01. The van der Waals surface area contributed by atoms with Gasteiger partial charge >= 0.3 is 0 Å². The second-order valence-electron chi connectivity index (χ2n) is 6.67. The molecule has 6 nitrogen and oxygen atoms in total. The zero-order valence-corrected chi connectivity index (χ0v) is 15.2. The molecule has 0 heterocycles. The Morgan fingerprint density at radius 2 is 1.78 bits per heavy atom. The van der Waals surface area contributed by atoms with E-state index in [1.165, 1.54) is 12.1 Å². The highest BCUT2D eigenvalue weighted by Crippen LogP contribution is 2.22. The van der Waals surface area contributed by atoms with Crippen LogP contribution in [0, 0.1) is 11.7 Å². The van der Waals surface area contributed by atoms with Crippen molar-refractivity contribution in [3.8, 4) is 11.5 Å². The maximum atomic E-state index is 13.9. The van der Waals surface area contributed by atoms with Crippen molar-refractivity contribution in [3.05, 3.63) is 53.8 Å². The van der Waals surface area contributed by atoms with E-state index in [9.17, 15) is 24.2 Å². The number of halogens is 1. The zero-order valence-electron chi connectivity index (χ0n) is 15.2. The molecule has 0 saturated heterocycles. The van der Waals surface area contributed by atoms with Gasteiger partial charge in [0.25, 0.3) is 5.91 Å². The van der Waals surface area contributed by atoms with Gasteiger partial charge in [0, 0.05) is 0 Å². The van der Waals surface area contributed by atoms with E-state index in [-0.39, 0.29) is 22.7 Å². The summed E-state index contributed by atoms with van der Waals surface area (Å²) < 4.78 is 13.9. The first kappa shape index (κ1) is 20.2. The Morgan fingerprint density at radius 1 is 1.07 bits per heavy atom. The molecule has 0 aliphatic rings. The fourth-order valence-electron chi connectivity index (χ4n) is 2.49. The number of benzene rings is 2. The number of phenolic OH excluding ortho intramolecular Hbond substituents is 2.